The number of carbonyl (C=O) groups excluding carboxylic acids is 2. The largest absolute Gasteiger partial charge is 0.497 e. The zero-order valence-electron chi connectivity index (χ0n) is 17.8. The van der Waals surface area contributed by atoms with E-state index in [1.807, 2.05) is 0 Å². The predicted molar refractivity (Wildman–Crippen MR) is 116 cm³/mol. The summed E-state index contributed by atoms with van der Waals surface area (Å²) in [4.78, 5) is 24.2. The molecule has 2 rings (SSSR count). The maximum atomic E-state index is 12.2. The van der Waals surface area contributed by atoms with Crippen LogP contribution in [0, 0.1) is 5.92 Å². The molecule has 0 bridgehead atoms. The monoisotopic (exact) mass is 414 g/mol. The van der Waals surface area contributed by atoms with E-state index in [1.165, 1.54) is 0 Å². The van der Waals surface area contributed by atoms with Crippen LogP contribution in [-0.4, -0.2) is 45.3 Å². The molecule has 2 N–H and O–H groups in total. The Morgan fingerprint density at radius 1 is 1.03 bits per heavy atom. The van der Waals surface area contributed by atoms with E-state index >= 15 is 0 Å². The third-order valence-electron chi connectivity index (χ3n) is 4.04. The van der Waals surface area contributed by atoms with Crippen molar-refractivity contribution in [2.75, 3.05) is 38.8 Å². The Bertz CT molecular complexity index is 805. The van der Waals surface area contributed by atoms with Crippen LogP contribution in [0.4, 0.5) is 5.69 Å². The second-order valence-corrected chi connectivity index (χ2v) is 7.17. The van der Waals surface area contributed by atoms with Crippen LogP contribution >= 0.6 is 0 Å². The van der Waals surface area contributed by atoms with Crippen LogP contribution in [-0.2, 0) is 9.53 Å². The van der Waals surface area contributed by atoms with Crippen LogP contribution in [0.3, 0.4) is 0 Å². The van der Waals surface area contributed by atoms with E-state index in [4.69, 9.17) is 14.2 Å². The molecule has 0 aliphatic heterocycles. The molecule has 0 fully saturated rings. The number of carbonyl (C=O) groups is 2. The number of anilines is 1. The third-order valence-corrected chi connectivity index (χ3v) is 4.04. The van der Waals surface area contributed by atoms with E-state index in [-0.39, 0.29) is 18.4 Å². The molecule has 0 aliphatic carbocycles. The van der Waals surface area contributed by atoms with Gasteiger partial charge in [0.05, 0.1) is 7.11 Å². The van der Waals surface area contributed by atoms with E-state index in [0.717, 1.165) is 13.0 Å². The fourth-order valence-corrected chi connectivity index (χ4v) is 2.55. The van der Waals surface area contributed by atoms with Crippen LogP contribution in [0.15, 0.2) is 48.5 Å². The number of hydrogen-bond donors (Lipinski definition) is 2. The fourth-order valence-electron chi connectivity index (χ4n) is 2.55. The maximum absolute atomic E-state index is 12.2. The smallest absolute Gasteiger partial charge is 0.262 e. The molecule has 30 heavy (non-hydrogen) atoms. The molecule has 0 aliphatic rings. The van der Waals surface area contributed by atoms with Crippen molar-refractivity contribution in [3.63, 3.8) is 0 Å². The molecule has 7 nitrogen and oxygen atoms in total. The first-order valence-electron chi connectivity index (χ1n) is 10.0. The Morgan fingerprint density at radius 3 is 2.50 bits per heavy atom. The van der Waals surface area contributed by atoms with Gasteiger partial charge in [-0.2, -0.15) is 0 Å². The normalized spacial score (nSPS) is 10.5. The van der Waals surface area contributed by atoms with Crippen LogP contribution < -0.4 is 20.1 Å². The molecule has 0 spiro atoms. The van der Waals surface area contributed by atoms with Gasteiger partial charge in [0.1, 0.15) is 11.5 Å². The molecule has 2 aromatic rings. The predicted octanol–water partition coefficient (Wildman–Crippen LogP) is 3.51. The van der Waals surface area contributed by atoms with Crippen molar-refractivity contribution >= 4 is 17.5 Å². The van der Waals surface area contributed by atoms with Crippen molar-refractivity contribution in [1.82, 2.24) is 5.32 Å². The van der Waals surface area contributed by atoms with Crippen LogP contribution in [0.1, 0.15) is 30.6 Å². The number of rotatable bonds is 12. The van der Waals surface area contributed by atoms with Gasteiger partial charge >= 0.3 is 0 Å². The Balaban J connectivity index is 1.70. The minimum Gasteiger partial charge on any atom is -0.497 e. The van der Waals surface area contributed by atoms with Gasteiger partial charge in [-0.05, 0) is 48.7 Å². The lowest BCUT2D eigenvalue weighted by Gasteiger charge is -2.10. The minimum absolute atomic E-state index is 0.140. The van der Waals surface area contributed by atoms with E-state index in [1.54, 1.807) is 55.6 Å². The van der Waals surface area contributed by atoms with Crippen molar-refractivity contribution in [2.45, 2.75) is 20.3 Å². The van der Waals surface area contributed by atoms with E-state index in [9.17, 15) is 9.59 Å². The second-order valence-electron chi connectivity index (χ2n) is 7.17. The zero-order valence-corrected chi connectivity index (χ0v) is 17.8. The Morgan fingerprint density at radius 2 is 1.80 bits per heavy atom. The summed E-state index contributed by atoms with van der Waals surface area (Å²) in [6.45, 7) is 5.97. The highest BCUT2D eigenvalue weighted by molar-refractivity contribution is 5.94. The summed E-state index contributed by atoms with van der Waals surface area (Å²) in [5, 5.41) is 5.60. The number of benzene rings is 2. The standard InChI is InChI=1S/C23H30N2O5/c1-17(2)15-29-13-5-12-24-23(27)18-8-10-20(11-9-18)30-16-22(26)25-19-6-4-7-21(14-19)28-3/h4,6-11,14,17H,5,12-13,15-16H2,1-3H3,(H,24,27)(H,25,26). The lowest BCUT2D eigenvalue weighted by Crippen LogP contribution is -2.25. The van der Waals surface area contributed by atoms with Crippen LogP contribution in [0.2, 0.25) is 0 Å². The second kappa shape index (κ2) is 12.5. The molecule has 0 unspecified atom stereocenters. The first-order chi connectivity index (χ1) is 14.5. The molecule has 0 saturated heterocycles. The molecule has 162 valence electrons. The minimum atomic E-state index is -0.287. The lowest BCUT2D eigenvalue weighted by atomic mass is 10.2. The molecule has 2 amide bonds. The summed E-state index contributed by atoms with van der Waals surface area (Å²) in [7, 11) is 1.57. The summed E-state index contributed by atoms with van der Waals surface area (Å²) in [6, 6.07) is 13.7. The van der Waals surface area contributed by atoms with E-state index < -0.39 is 0 Å². The SMILES string of the molecule is COc1cccc(NC(=O)COc2ccc(C(=O)NCCCOCC(C)C)cc2)c1. The van der Waals surface area contributed by atoms with Gasteiger partial charge in [-0.1, -0.05) is 19.9 Å². The maximum Gasteiger partial charge on any atom is 0.262 e. The fraction of sp³-hybridized carbons (Fsp3) is 0.391. The van der Waals surface area contributed by atoms with Crippen LogP contribution in [0.5, 0.6) is 11.5 Å². The summed E-state index contributed by atoms with van der Waals surface area (Å²) in [5.41, 5.74) is 1.16. The van der Waals surface area contributed by atoms with Gasteiger partial charge < -0.3 is 24.8 Å². The van der Waals surface area contributed by atoms with Gasteiger partial charge in [0.2, 0.25) is 0 Å². The molecule has 0 heterocycles. The van der Waals surface area contributed by atoms with E-state index in [2.05, 4.69) is 24.5 Å². The molecular formula is C23H30N2O5. The zero-order chi connectivity index (χ0) is 21.8. The summed E-state index contributed by atoms with van der Waals surface area (Å²) >= 11 is 0. The average Bonchev–Trinajstić information content (AvgIpc) is 2.75. The number of amides is 2. The molecule has 2 aromatic carbocycles. The Hall–Kier alpha value is -3.06. The highest BCUT2D eigenvalue weighted by atomic mass is 16.5. The van der Waals surface area contributed by atoms with E-state index in [0.29, 0.717) is 41.8 Å². The Labute approximate surface area is 177 Å². The number of hydrogen-bond acceptors (Lipinski definition) is 5. The van der Waals surface area contributed by atoms with Crippen molar-refractivity contribution in [3.05, 3.63) is 54.1 Å². The third kappa shape index (κ3) is 8.53. The van der Waals surface area contributed by atoms with Crippen LogP contribution in [0.25, 0.3) is 0 Å². The highest BCUT2D eigenvalue weighted by Gasteiger charge is 2.07. The first kappa shape index (κ1) is 23.2. The highest BCUT2D eigenvalue weighted by Crippen LogP contribution is 2.17. The quantitative estimate of drug-likeness (QED) is 0.519. The van der Waals surface area contributed by atoms with Crippen molar-refractivity contribution < 1.29 is 23.8 Å². The number of ether oxygens (including phenoxy) is 3. The van der Waals surface area contributed by atoms with Gasteiger partial charge in [-0.3, -0.25) is 9.59 Å². The molecule has 0 aromatic heterocycles. The van der Waals surface area contributed by atoms with Gasteiger partial charge in [0.25, 0.3) is 11.8 Å². The van der Waals surface area contributed by atoms with Gasteiger partial charge in [0.15, 0.2) is 6.61 Å². The summed E-state index contributed by atoms with van der Waals surface area (Å²) in [5.74, 6) is 1.24. The van der Waals surface area contributed by atoms with Gasteiger partial charge in [-0.25, -0.2) is 0 Å². The lowest BCUT2D eigenvalue weighted by molar-refractivity contribution is -0.118. The summed E-state index contributed by atoms with van der Waals surface area (Å²) in [6.07, 6.45) is 0.766. The molecule has 0 radical (unpaired) electrons. The Kier molecular flexibility index (Phi) is 9.67. The van der Waals surface area contributed by atoms with Crippen molar-refractivity contribution in [2.24, 2.45) is 5.92 Å². The van der Waals surface area contributed by atoms with Crippen molar-refractivity contribution in [3.8, 4) is 11.5 Å². The molecular weight excluding hydrogens is 384 g/mol. The number of methoxy groups -OCH3 is 1. The molecule has 0 saturated carbocycles. The summed E-state index contributed by atoms with van der Waals surface area (Å²) < 4.78 is 16.1. The average molecular weight is 415 g/mol. The van der Waals surface area contributed by atoms with Gasteiger partial charge in [0, 0.05) is 37.1 Å². The molecule has 7 heteroatoms. The first-order valence-corrected chi connectivity index (χ1v) is 10.0. The topological polar surface area (TPSA) is 85.9 Å². The van der Waals surface area contributed by atoms with Crippen molar-refractivity contribution in [1.29, 1.82) is 0 Å². The molecule has 0 atom stereocenters. The van der Waals surface area contributed by atoms with Gasteiger partial charge in [-0.15, -0.1) is 0 Å². The number of nitrogens with one attached hydrogen (secondary N) is 2.